The Kier molecular flexibility index (Phi) is 3.36. The second-order valence-corrected chi connectivity index (χ2v) is 5.71. The van der Waals surface area contributed by atoms with Crippen molar-refractivity contribution in [1.82, 2.24) is 14.9 Å². The number of pyridine rings is 1. The summed E-state index contributed by atoms with van der Waals surface area (Å²) < 4.78 is 5.91. The summed E-state index contributed by atoms with van der Waals surface area (Å²) in [4.78, 5) is 10.5. The molecule has 0 unspecified atom stereocenters. The average Bonchev–Trinajstić information content (AvgIpc) is 3.26. The number of benzene rings is 1. The van der Waals surface area contributed by atoms with E-state index < -0.39 is 0 Å². The molecule has 1 aliphatic heterocycles. The highest BCUT2D eigenvalue weighted by molar-refractivity contribution is 5.79. The molecule has 0 spiro atoms. The van der Waals surface area contributed by atoms with E-state index in [1.165, 1.54) is 0 Å². The van der Waals surface area contributed by atoms with E-state index in [-0.39, 0.29) is 6.04 Å². The Labute approximate surface area is 138 Å². The topological polar surface area (TPSA) is 89.7 Å². The summed E-state index contributed by atoms with van der Waals surface area (Å²) in [7, 11) is 0. The minimum absolute atomic E-state index is 0.0779. The Hall–Kier alpha value is -3.38. The van der Waals surface area contributed by atoms with Crippen LogP contribution < -0.4 is 0 Å². The maximum atomic E-state index is 9.19. The largest absolute Gasteiger partial charge is 0.438 e. The number of oxazole rings is 1. The standard InChI is InChI=1S/C18H13N5O/c19-10-13-3-1-4-14(21-13)12-6-7-15-17(9-12)24-18(22-15)16-5-2-8-23(16)11-20/h1,3-4,6-7,9,16H,2,5,8H2/t16-/m0/s1. The molecular weight excluding hydrogens is 302 g/mol. The molecule has 116 valence electrons. The SMILES string of the molecule is N#Cc1cccc(-c2ccc3nc([C@@H]4CCCN4C#N)oc3c2)n1. The smallest absolute Gasteiger partial charge is 0.218 e. The third-order valence-electron chi connectivity index (χ3n) is 4.23. The lowest BCUT2D eigenvalue weighted by atomic mass is 10.1. The molecule has 4 rings (SSSR count). The predicted molar refractivity (Wildman–Crippen MR) is 86.2 cm³/mol. The number of hydrogen-bond donors (Lipinski definition) is 0. The van der Waals surface area contributed by atoms with Gasteiger partial charge in [-0.15, -0.1) is 0 Å². The van der Waals surface area contributed by atoms with Crippen LogP contribution in [0, 0.1) is 22.8 Å². The molecule has 0 saturated carbocycles. The number of aromatic nitrogens is 2. The predicted octanol–water partition coefficient (Wildman–Crippen LogP) is 3.38. The van der Waals surface area contributed by atoms with Gasteiger partial charge in [0.1, 0.15) is 23.3 Å². The molecule has 0 amide bonds. The molecule has 0 N–H and O–H groups in total. The summed E-state index contributed by atoms with van der Waals surface area (Å²) in [6.45, 7) is 0.746. The van der Waals surface area contributed by atoms with Crippen LogP contribution >= 0.6 is 0 Å². The molecule has 1 aromatic carbocycles. The Morgan fingerprint density at radius 1 is 1.17 bits per heavy atom. The normalized spacial score (nSPS) is 16.9. The summed E-state index contributed by atoms with van der Waals surface area (Å²) in [5, 5.41) is 18.2. The van der Waals surface area contributed by atoms with Gasteiger partial charge in [-0.05, 0) is 37.1 Å². The fraction of sp³-hybridized carbons (Fsp3) is 0.222. The summed E-state index contributed by atoms with van der Waals surface area (Å²) in [6.07, 6.45) is 4.04. The van der Waals surface area contributed by atoms with Gasteiger partial charge in [0.05, 0.1) is 5.69 Å². The number of likely N-dealkylation sites (tertiary alicyclic amines) is 1. The second kappa shape index (κ2) is 5.68. The lowest BCUT2D eigenvalue weighted by Crippen LogP contribution is -2.17. The summed E-state index contributed by atoms with van der Waals surface area (Å²) >= 11 is 0. The zero-order valence-electron chi connectivity index (χ0n) is 12.8. The molecule has 6 heteroatoms. The highest BCUT2D eigenvalue weighted by Gasteiger charge is 2.29. The Balaban J connectivity index is 1.74. The van der Waals surface area contributed by atoms with E-state index in [9.17, 15) is 5.26 Å². The lowest BCUT2D eigenvalue weighted by Gasteiger charge is -2.13. The minimum Gasteiger partial charge on any atom is -0.438 e. The molecule has 1 fully saturated rings. The molecule has 1 saturated heterocycles. The molecule has 0 aliphatic carbocycles. The van der Waals surface area contributed by atoms with Crippen LogP contribution in [0.2, 0.25) is 0 Å². The molecule has 6 nitrogen and oxygen atoms in total. The van der Waals surface area contributed by atoms with Crippen molar-refractivity contribution in [2.24, 2.45) is 0 Å². The quantitative estimate of drug-likeness (QED) is 0.673. The molecule has 0 bridgehead atoms. The molecular formula is C18H13N5O. The van der Waals surface area contributed by atoms with E-state index in [1.54, 1.807) is 17.0 Å². The monoisotopic (exact) mass is 315 g/mol. The van der Waals surface area contributed by atoms with Gasteiger partial charge in [-0.1, -0.05) is 12.1 Å². The van der Waals surface area contributed by atoms with Crippen LogP contribution in [0.4, 0.5) is 0 Å². The average molecular weight is 315 g/mol. The Morgan fingerprint density at radius 2 is 2.08 bits per heavy atom. The van der Waals surface area contributed by atoms with Crippen molar-refractivity contribution in [3.8, 4) is 23.5 Å². The van der Waals surface area contributed by atoms with Crippen LogP contribution in [-0.4, -0.2) is 21.4 Å². The number of rotatable bonds is 2. The van der Waals surface area contributed by atoms with Crippen molar-refractivity contribution in [1.29, 1.82) is 10.5 Å². The van der Waals surface area contributed by atoms with Crippen molar-refractivity contribution in [2.45, 2.75) is 18.9 Å². The van der Waals surface area contributed by atoms with Crippen molar-refractivity contribution < 1.29 is 4.42 Å². The van der Waals surface area contributed by atoms with E-state index >= 15 is 0 Å². The molecule has 3 aromatic rings. The van der Waals surface area contributed by atoms with Crippen LogP contribution in [0.3, 0.4) is 0 Å². The number of nitrogens with zero attached hydrogens (tertiary/aromatic N) is 5. The Morgan fingerprint density at radius 3 is 2.92 bits per heavy atom. The third-order valence-corrected chi connectivity index (χ3v) is 4.23. The lowest BCUT2D eigenvalue weighted by molar-refractivity contribution is 0.314. The van der Waals surface area contributed by atoms with Gasteiger partial charge in [-0.25, -0.2) is 9.97 Å². The van der Waals surface area contributed by atoms with E-state index in [0.29, 0.717) is 22.9 Å². The van der Waals surface area contributed by atoms with Gasteiger partial charge >= 0.3 is 0 Å². The maximum absolute atomic E-state index is 9.19. The van der Waals surface area contributed by atoms with Crippen LogP contribution in [0.25, 0.3) is 22.4 Å². The second-order valence-electron chi connectivity index (χ2n) is 5.71. The zero-order valence-corrected chi connectivity index (χ0v) is 12.8. The first-order valence-corrected chi connectivity index (χ1v) is 7.73. The van der Waals surface area contributed by atoms with E-state index in [2.05, 4.69) is 16.2 Å². The molecule has 0 radical (unpaired) electrons. The van der Waals surface area contributed by atoms with Crippen molar-refractivity contribution in [2.75, 3.05) is 6.54 Å². The van der Waals surface area contributed by atoms with Crippen LogP contribution in [0.5, 0.6) is 0 Å². The summed E-state index contributed by atoms with van der Waals surface area (Å²) in [5.74, 6) is 0.583. The number of hydrogen-bond acceptors (Lipinski definition) is 6. The Bertz CT molecular complexity index is 995. The van der Waals surface area contributed by atoms with Gasteiger partial charge in [-0.2, -0.15) is 10.5 Å². The first kappa shape index (κ1) is 14.2. The van der Waals surface area contributed by atoms with Gasteiger partial charge in [0.2, 0.25) is 5.89 Å². The van der Waals surface area contributed by atoms with Gasteiger partial charge < -0.3 is 4.42 Å². The van der Waals surface area contributed by atoms with Gasteiger partial charge in [0.25, 0.3) is 0 Å². The van der Waals surface area contributed by atoms with Gasteiger partial charge in [-0.3, -0.25) is 4.90 Å². The van der Waals surface area contributed by atoms with Crippen LogP contribution in [0.15, 0.2) is 40.8 Å². The van der Waals surface area contributed by atoms with Gasteiger partial charge in [0, 0.05) is 12.1 Å². The van der Waals surface area contributed by atoms with E-state index in [0.717, 1.165) is 30.5 Å². The molecule has 1 aliphatic rings. The summed E-state index contributed by atoms with van der Waals surface area (Å²) in [6, 6.07) is 13.0. The van der Waals surface area contributed by atoms with Crippen molar-refractivity contribution >= 4 is 11.1 Å². The minimum atomic E-state index is -0.0779. The first-order valence-electron chi connectivity index (χ1n) is 7.73. The fourth-order valence-electron chi connectivity index (χ4n) is 3.05. The molecule has 3 heterocycles. The van der Waals surface area contributed by atoms with E-state index in [1.807, 2.05) is 30.3 Å². The fourth-order valence-corrected chi connectivity index (χ4v) is 3.05. The summed E-state index contributed by atoms with van der Waals surface area (Å²) in [5.41, 5.74) is 3.38. The number of fused-ring (bicyclic) bond motifs is 1. The van der Waals surface area contributed by atoms with E-state index in [4.69, 9.17) is 9.68 Å². The highest BCUT2D eigenvalue weighted by atomic mass is 16.3. The van der Waals surface area contributed by atoms with Gasteiger partial charge in [0.15, 0.2) is 11.8 Å². The number of nitriles is 2. The third kappa shape index (κ3) is 2.35. The van der Waals surface area contributed by atoms with Crippen molar-refractivity contribution in [3.63, 3.8) is 0 Å². The van der Waals surface area contributed by atoms with Crippen LogP contribution in [0.1, 0.15) is 30.5 Å². The first-order chi connectivity index (χ1) is 11.8. The van der Waals surface area contributed by atoms with Crippen molar-refractivity contribution in [3.05, 3.63) is 48.0 Å². The molecule has 1 atom stereocenters. The maximum Gasteiger partial charge on any atom is 0.218 e. The zero-order chi connectivity index (χ0) is 16.5. The molecule has 2 aromatic heterocycles. The van der Waals surface area contributed by atoms with Crippen LogP contribution in [-0.2, 0) is 0 Å². The molecule has 24 heavy (non-hydrogen) atoms. The highest BCUT2D eigenvalue weighted by Crippen LogP contribution is 2.33.